The molecule has 0 N–H and O–H groups in total. The molecule has 2 saturated heterocycles. The molecule has 2 fully saturated rings. The lowest BCUT2D eigenvalue weighted by Crippen LogP contribution is -2.46. The summed E-state index contributed by atoms with van der Waals surface area (Å²) in [6, 6.07) is 8.18. The number of methoxy groups -OCH3 is 1. The third-order valence-corrected chi connectivity index (χ3v) is 6.25. The Labute approximate surface area is 192 Å². The number of carbonyl (C=O) groups excluding carboxylic acids is 2. The van der Waals surface area contributed by atoms with Gasteiger partial charge in [-0.25, -0.2) is 4.79 Å². The van der Waals surface area contributed by atoms with Gasteiger partial charge in [0.1, 0.15) is 11.4 Å². The van der Waals surface area contributed by atoms with E-state index < -0.39 is 5.60 Å². The number of hydrogen-bond donors (Lipinski definition) is 0. The van der Waals surface area contributed by atoms with Gasteiger partial charge >= 0.3 is 6.09 Å². The van der Waals surface area contributed by atoms with Crippen molar-refractivity contribution in [2.24, 2.45) is 5.92 Å². The number of amides is 2. The van der Waals surface area contributed by atoms with Crippen molar-refractivity contribution in [2.75, 3.05) is 46.9 Å². The molecule has 2 atom stereocenters. The summed E-state index contributed by atoms with van der Waals surface area (Å²) in [7, 11) is 3.46. The van der Waals surface area contributed by atoms with Crippen LogP contribution in [-0.4, -0.2) is 79.2 Å². The van der Waals surface area contributed by atoms with Gasteiger partial charge in [-0.3, -0.25) is 9.69 Å². The number of nitrogens with zero attached hydrogens (tertiary/aromatic N) is 3. The number of hydrogen-bond acceptors (Lipinski definition) is 5. The highest BCUT2D eigenvalue weighted by molar-refractivity contribution is 5.79. The van der Waals surface area contributed by atoms with E-state index in [1.807, 2.05) is 43.9 Å². The molecule has 0 aromatic heterocycles. The second kappa shape index (κ2) is 10.6. The normalized spacial score (nSPS) is 22.0. The molecule has 2 aliphatic rings. The topological polar surface area (TPSA) is 62.3 Å². The van der Waals surface area contributed by atoms with Gasteiger partial charge in [0.2, 0.25) is 5.91 Å². The Hall–Kier alpha value is -2.28. The highest BCUT2D eigenvalue weighted by Crippen LogP contribution is 2.33. The third kappa shape index (κ3) is 6.61. The molecule has 178 valence electrons. The van der Waals surface area contributed by atoms with Crippen LogP contribution in [0.25, 0.3) is 0 Å². The first-order valence-electron chi connectivity index (χ1n) is 11.8. The second-order valence-corrected chi connectivity index (χ2v) is 10.1. The molecule has 0 aliphatic carbocycles. The van der Waals surface area contributed by atoms with E-state index in [-0.39, 0.29) is 18.0 Å². The van der Waals surface area contributed by atoms with Crippen molar-refractivity contribution in [1.82, 2.24) is 14.7 Å². The van der Waals surface area contributed by atoms with Gasteiger partial charge in [0.25, 0.3) is 0 Å². The Kier molecular flexibility index (Phi) is 8.04. The van der Waals surface area contributed by atoms with Crippen molar-refractivity contribution in [3.8, 4) is 5.75 Å². The van der Waals surface area contributed by atoms with Crippen LogP contribution >= 0.6 is 0 Å². The molecule has 7 heteroatoms. The molecule has 1 aromatic carbocycles. The van der Waals surface area contributed by atoms with Crippen LogP contribution in [0.5, 0.6) is 5.75 Å². The average molecular weight is 446 g/mol. The number of piperidine rings is 1. The minimum absolute atomic E-state index is 0.122. The first-order chi connectivity index (χ1) is 15.2. The molecule has 1 aromatic rings. The molecule has 2 amide bonds. The van der Waals surface area contributed by atoms with Gasteiger partial charge in [-0.05, 0) is 76.6 Å². The standard InChI is InChI=1S/C25H39N3O4/c1-25(2,3)32-24(30)26(4)16-19-9-7-13-27(17-19)18-23(29)28-14-8-12-22(28)20-10-6-11-21(15-20)31-5/h6,10-11,15,19,22H,7-9,12-14,16-18H2,1-5H3. The highest BCUT2D eigenvalue weighted by Gasteiger charge is 2.32. The predicted octanol–water partition coefficient (Wildman–Crippen LogP) is 3.94. The van der Waals surface area contributed by atoms with Crippen LogP contribution < -0.4 is 4.74 Å². The van der Waals surface area contributed by atoms with Crippen molar-refractivity contribution >= 4 is 12.0 Å². The zero-order valence-corrected chi connectivity index (χ0v) is 20.3. The predicted molar refractivity (Wildman–Crippen MR) is 125 cm³/mol. The smallest absolute Gasteiger partial charge is 0.410 e. The molecule has 2 aliphatic heterocycles. The number of likely N-dealkylation sites (tertiary alicyclic amines) is 2. The average Bonchev–Trinajstić information content (AvgIpc) is 3.23. The maximum atomic E-state index is 13.2. The van der Waals surface area contributed by atoms with Crippen LogP contribution in [0.2, 0.25) is 0 Å². The van der Waals surface area contributed by atoms with Gasteiger partial charge in [-0.2, -0.15) is 0 Å². The van der Waals surface area contributed by atoms with Crippen molar-refractivity contribution in [2.45, 2.75) is 58.1 Å². The quantitative estimate of drug-likeness (QED) is 0.664. The first-order valence-corrected chi connectivity index (χ1v) is 11.8. The molecule has 0 spiro atoms. The molecule has 0 radical (unpaired) electrons. The zero-order chi connectivity index (χ0) is 23.3. The lowest BCUT2D eigenvalue weighted by molar-refractivity contribution is -0.133. The Balaban J connectivity index is 1.54. The summed E-state index contributed by atoms with van der Waals surface area (Å²) >= 11 is 0. The van der Waals surface area contributed by atoms with E-state index in [2.05, 4.69) is 11.0 Å². The number of carbonyl (C=O) groups is 2. The molecule has 2 unspecified atom stereocenters. The molecular weight excluding hydrogens is 406 g/mol. The SMILES string of the molecule is COc1cccc(C2CCCN2C(=O)CN2CCCC(CN(C)C(=O)OC(C)(C)C)C2)c1. The fraction of sp³-hybridized carbons (Fsp3) is 0.680. The maximum absolute atomic E-state index is 13.2. The largest absolute Gasteiger partial charge is 0.497 e. The van der Waals surface area contributed by atoms with E-state index >= 15 is 0 Å². The second-order valence-electron chi connectivity index (χ2n) is 10.1. The Bertz CT molecular complexity index is 792. The molecule has 3 rings (SSSR count). The van der Waals surface area contributed by atoms with Gasteiger partial charge in [-0.15, -0.1) is 0 Å². The number of ether oxygens (including phenoxy) is 2. The van der Waals surface area contributed by atoms with Crippen molar-refractivity contribution < 1.29 is 19.1 Å². The van der Waals surface area contributed by atoms with Gasteiger partial charge in [0.15, 0.2) is 0 Å². The molecule has 7 nitrogen and oxygen atoms in total. The van der Waals surface area contributed by atoms with E-state index in [4.69, 9.17) is 9.47 Å². The molecule has 0 bridgehead atoms. The van der Waals surface area contributed by atoms with Gasteiger partial charge in [-0.1, -0.05) is 12.1 Å². The summed E-state index contributed by atoms with van der Waals surface area (Å²) in [5, 5.41) is 0. The van der Waals surface area contributed by atoms with Crippen LogP contribution in [-0.2, 0) is 9.53 Å². The van der Waals surface area contributed by atoms with Crippen LogP contribution in [0.3, 0.4) is 0 Å². The van der Waals surface area contributed by atoms with E-state index in [1.165, 1.54) is 0 Å². The minimum atomic E-state index is -0.495. The summed E-state index contributed by atoms with van der Waals surface area (Å²) in [6.45, 7) is 9.28. The fourth-order valence-electron chi connectivity index (χ4n) is 4.79. The van der Waals surface area contributed by atoms with E-state index in [0.717, 1.165) is 56.6 Å². The Morgan fingerprint density at radius 3 is 2.62 bits per heavy atom. The van der Waals surface area contributed by atoms with E-state index in [0.29, 0.717) is 19.0 Å². The van der Waals surface area contributed by atoms with Crippen molar-refractivity contribution in [1.29, 1.82) is 0 Å². The van der Waals surface area contributed by atoms with Crippen LogP contribution in [0.15, 0.2) is 24.3 Å². The monoisotopic (exact) mass is 445 g/mol. The molecule has 2 heterocycles. The summed E-state index contributed by atoms with van der Waals surface area (Å²) < 4.78 is 10.8. The number of benzene rings is 1. The van der Waals surface area contributed by atoms with Gasteiger partial charge < -0.3 is 19.3 Å². The first kappa shape index (κ1) is 24.4. The van der Waals surface area contributed by atoms with Gasteiger partial charge in [0, 0.05) is 26.7 Å². The van der Waals surface area contributed by atoms with E-state index in [1.54, 1.807) is 19.1 Å². The highest BCUT2D eigenvalue weighted by atomic mass is 16.6. The van der Waals surface area contributed by atoms with Crippen LogP contribution in [0, 0.1) is 5.92 Å². The lowest BCUT2D eigenvalue weighted by atomic mass is 9.97. The van der Waals surface area contributed by atoms with Crippen molar-refractivity contribution in [3.05, 3.63) is 29.8 Å². The third-order valence-electron chi connectivity index (χ3n) is 6.25. The van der Waals surface area contributed by atoms with Crippen molar-refractivity contribution in [3.63, 3.8) is 0 Å². The maximum Gasteiger partial charge on any atom is 0.410 e. The zero-order valence-electron chi connectivity index (χ0n) is 20.3. The van der Waals surface area contributed by atoms with Crippen LogP contribution in [0.4, 0.5) is 4.79 Å². The molecular formula is C25H39N3O4. The number of rotatable bonds is 6. The van der Waals surface area contributed by atoms with Gasteiger partial charge in [0.05, 0.1) is 19.7 Å². The summed E-state index contributed by atoms with van der Waals surface area (Å²) in [4.78, 5) is 31.5. The summed E-state index contributed by atoms with van der Waals surface area (Å²) in [5.41, 5.74) is 0.650. The molecule has 0 saturated carbocycles. The lowest BCUT2D eigenvalue weighted by Gasteiger charge is -2.36. The minimum Gasteiger partial charge on any atom is -0.497 e. The summed E-state index contributed by atoms with van der Waals surface area (Å²) in [5.74, 6) is 1.37. The Morgan fingerprint density at radius 2 is 1.91 bits per heavy atom. The molecule has 32 heavy (non-hydrogen) atoms. The van der Waals surface area contributed by atoms with E-state index in [9.17, 15) is 9.59 Å². The Morgan fingerprint density at radius 1 is 1.16 bits per heavy atom. The fourth-order valence-corrected chi connectivity index (χ4v) is 4.79. The summed E-state index contributed by atoms with van der Waals surface area (Å²) in [6.07, 6.45) is 3.83. The van der Waals surface area contributed by atoms with Crippen LogP contribution in [0.1, 0.15) is 58.1 Å².